The monoisotopic (exact) mass is 345 g/mol. The Morgan fingerprint density at radius 2 is 1.88 bits per heavy atom. The zero-order chi connectivity index (χ0) is 17.1. The fourth-order valence-corrected chi connectivity index (χ4v) is 4.79. The maximum atomic E-state index is 12.6. The first-order valence-corrected chi connectivity index (χ1v) is 10.0. The van der Waals surface area contributed by atoms with Crippen molar-refractivity contribution in [3.05, 3.63) is 18.7 Å². The van der Waals surface area contributed by atoms with Crippen molar-refractivity contribution in [2.75, 3.05) is 32.7 Å². The summed E-state index contributed by atoms with van der Waals surface area (Å²) in [5.74, 6) is 0.900. The molecule has 0 spiro atoms. The number of piperidine rings is 1. The second kappa shape index (κ2) is 7.77. The number of carbonyl (C=O) groups is 1. The smallest absolute Gasteiger partial charge is 0.317 e. The van der Waals surface area contributed by atoms with E-state index < -0.39 is 0 Å². The summed E-state index contributed by atoms with van der Waals surface area (Å²) in [6.45, 7) is 5.10. The molecule has 0 bridgehead atoms. The molecule has 138 valence electrons. The largest absolute Gasteiger partial charge is 0.334 e. The van der Waals surface area contributed by atoms with Crippen molar-refractivity contribution in [3.63, 3.8) is 0 Å². The Balaban J connectivity index is 1.19. The van der Waals surface area contributed by atoms with E-state index >= 15 is 0 Å². The Kier molecular flexibility index (Phi) is 5.25. The summed E-state index contributed by atoms with van der Waals surface area (Å²) in [6, 6.07) is 0.956. The molecule has 1 aromatic rings. The molecule has 3 heterocycles. The number of hydrogen-bond donors (Lipinski definition) is 1. The lowest BCUT2D eigenvalue weighted by atomic mass is 10.1. The van der Waals surface area contributed by atoms with Crippen LogP contribution in [-0.4, -0.2) is 64.1 Å². The standard InChI is InChI=1S/C19H31N5O/c25-19(23-10-6-18(7-11-23)24-12-8-20-15-24)21-17-5-9-22(14-17)13-16-3-1-2-4-16/h8,12,15-18H,1-7,9-11,13-14H2,(H,21,25)/t17-/m0/s1. The number of urea groups is 1. The summed E-state index contributed by atoms with van der Waals surface area (Å²) in [6.07, 6.45) is 14.5. The molecular formula is C19H31N5O. The normalized spacial score (nSPS) is 26.4. The summed E-state index contributed by atoms with van der Waals surface area (Å²) in [5.41, 5.74) is 0. The van der Waals surface area contributed by atoms with Crippen LogP contribution in [0.1, 0.15) is 51.0 Å². The van der Waals surface area contributed by atoms with Gasteiger partial charge in [-0.25, -0.2) is 9.78 Å². The highest BCUT2D eigenvalue weighted by Crippen LogP contribution is 2.27. The summed E-state index contributed by atoms with van der Waals surface area (Å²) >= 11 is 0. The van der Waals surface area contributed by atoms with Crippen LogP contribution in [0.5, 0.6) is 0 Å². The number of hydrogen-bond acceptors (Lipinski definition) is 3. The third-order valence-corrected chi connectivity index (χ3v) is 6.29. The van der Waals surface area contributed by atoms with Crippen LogP contribution >= 0.6 is 0 Å². The van der Waals surface area contributed by atoms with Crippen LogP contribution in [0.4, 0.5) is 4.79 Å². The molecule has 1 aliphatic carbocycles. The second-order valence-electron chi connectivity index (χ2n) is 8.07. The lowest BCUT2D eigenvalue weighted by molar-refractivity contribution is 0.168. The zero-order valence-electron chi connectivity index (χ0n) is 15.1. The van der Waals surface area contributed by atoms with Gasteiger partial charge in [-0.15, -0.1) is 0 Å². The van der Waals surface area contributed by atoms with Crippen molar-refractivity contribution in [3.8, 4) is 0 Å². The van der Waals surface area contributed by atoms with E-state index in [1.54, 1.807) is 0 Å². The highest BCUT2D eigenvalue weighted by atomic mass is 16.2. The van der Waals surface area contributed by atoms with Gasteiger partial charge >= 0.3 is 6.03 Å². The molecule has 3 aliphatic rings. The Morgan fingerprint density at radius 1 is 1.08 bits per heavy atom. The Hall–Kier alpha value is -1.56. The molecule has 2 saturated heterocycles. The molecule has 6 heteroatoms. The fraction of sp³-hybridized carbons (Fsp3) is 0.789. The number of aromatic nitrogens is 2. The lowest BCUT2D eigenvalue weighted by Gasteiger charge is -2.33. The third kappa shape index (κ3) is 4.17. The van der Waals surface area contributed by atoms with E-state index in [9.17, 15) is 4.79 Å². The van der Waals surface area contributed by atoms with Crippen molar-refractivity contribution in [2.45, 2.75) is 57.0 Å². The van der Waals surface area contributed by atoms with E-state index in [1.807, 2.05) is 23.6 Å². The molecule has 4 rings (SSSR count). The molecule has 6 nitrogen and oxygen atoms in total. The molecule has 0 unspecified atom stereocenters. The summed E-state index contributed by atoms with van der Waals surface area (Å²) in [7, 11) is 0. The van der Waals surface area contributed by atoms with Gasteiger partial charge in [0.1, 0.15) is 0 Å². The van der Waals surface area contributed by atoms with Gasteiger partial charge in [0.05, 0.1) is 6.33 Å². The molecular weight excluding hydrogens is 314 g/mol. The number of rotatable bonds is 4. The number of nitrogens with zero attached hydrogens (tertiary/aromatic N) is 4. The quantitative estimate of drug-likeness (QED) is 0.912. The van der Waals surface area contributed by atoms with Crippen molar-refractivity contribution < 1.29 is 4.79 Å². The average molecular weight is 345 g/mol. The van der Waals surface area contributed by atoms with Gasteiger partial charge in [0.15, 0.2) is 0 Å². The van der Waals surface area contributed by atoms with Crippen molar-refractivity contribution in [1.82, 2.24) is 24.7 Å². The molecule has 1 atom stereocenters. The minimum absolute atomic E-state index is 0.136. The second-order valence-corrected chi connectivity index (χ2v) is 8.07. The molecule has 3 fully saturated rings. The van der Waals surface area contributed by atoms with Gasteiger partial charge in [-0.2, -0.15) is 0 Å². The maximum Gasteiger partial charge on any atom is 0.317 e. The van der Waals surface area contributed by atoms with Gasteiger partial charge in [0, 0.05) is 57.2 Å². The minimum Gasteiger partial charge on any atom is -0.334 e. The average Bonchev–Trinajstić information content (AvgIpc) is 3.38. The van der Waals surface area contributed by atoms with Crippen LogP contribution in [0.3, 0.4) is 0 Å². The topological polar surface area (TPSA) is 53.4 Å². The van der Waals surface area contributed by atoms with Gasteiger partial charge in [0.2, 0.25) is 0 Å². The van der Waals surface area contributed by atoms with Crippen LogP contribution in [0.25, 0.3) is 0 Å². The third-order valence-electron chi connectivity index (χ3n) is 6.29. The van der Waals surface area contributed by atoms with Crippen LogP contribution in [0.2, 0.25) is 0 Å². The molecule has 2 amide bonds. The molecule has 2 aliphatic heterocycles. The van der Waals surface area contributed by atoms with Gasteiger partial charge in [-0.1, -0.05) is 12.8 Å². The lowest BCUT2D eigenvalue weighted by Crippen LogP contribution is -2.48. The first-order chi connectivity index (χ1) is 12.3. The van der Waals surface area contributed by atoms with E-state index in [1.165, 1.54) is 32.2 Å². The van der Waals surface area contributed by atoms with Crippen molar-refractivity contribution >= 4 is 6.03 Å². The van der Waals surface area contributed by atoms with E-state index in [2.05, 4.69) is 19.8 Å². The van der Waals surface area contributed by atoms with E-state index in [4.69, 9.17) is 0 Å². The van der Waals surface area contributed by atoms with Gasteiger partial charge in [-0.05, 0) is 38.0 Å². The molecule has 0 radical (unpaired) electrons. The highest BCUT2D eigenvalue weighted by Gasteiger charge is 2.29. The summed E-state index contributed by atoms with van der Waals surface area (Å²) in [5, 5.41) is 3.28. The predicted molar refractivity (Wildman–Crippen MR) is 97.4 cm³/mol. The fourth-order valence-electron chi connectivity index (χ4n) is 4.79. The van der Waals surface area contributed by atoms with Gasteiger partial charge < -0.3 is 19.7 Å². The number of nitrogens with one attached hydrogen (secondary N) is 1. The number of amides is 2. The first-order valence-electron chi connectivity index (χ1n) is 10.0. The van der Waals surface area contributed by atoms with Crippen LogP contribution < -0.4 is 5.32 Å². The summed E-state index contributed by atoms with van der Waals surface area (Å²) in [4.78, 5) is 21.3. The maximum absolute atomic E-state index is 12.6. The van der Waals surface area contributed by atoms with Gasteiger partial charge in [-0.3, -0.25) is 0 Å². The Morgan fingerprint density at radius 3 is 2.60 bits per heavy atom. The molecule has 1 aromatic heterocycles. The van der Waals surface area contributed by atoms with Crippen LogP contribution in [-0.2, 0) is 0 Å². The molecule has 0 aromatic carbocycles. The predicted octanol–water partition coefficient (Wildman–Crippen LogP) is 2.49. The minimum atomic E-state index is 0.136. The van der Waals surface area contributed by atoms with Crippen molar-refractivity contribution in [2.24, 2.45) is 5.92 Å². The van der Waals surface area contributed by atoms with E-state index in [0.29, 0.717) is 12.1 Å². The van der Waals surface area contributed by atoms with Gasteiger partial charge in [0.25, 0.3) is 0 Å². The first kappa shape index (κ1) is 16.9. The summed E-state index contributed by atoms with van der Waals surface area (Å²) < 4.78 is 2.17. The highest BCUT2D eigenvalue weighted by molar-refractivity contribution is 5.74. The van der Waals surface area contributed by atoms with Crippen LogP contribution in [0, 0.1) is 5.92 Å². The zero-order valence-corrected chi connectivity index (χ0v) is 15.1. The number of likely N-dealkylation sites (tertiary alicyclic amines) is 2. The molecule has 25 heavy (non-hydrogen) atoms. The van der Waals surface area contributed by atoms with E-state index in [-0.39, 0.29) is 6.03 Å². The number of imidazole rings is 1. The SMILES string of the molecule is O=C(N[C@H]1CCN(CC2CCCC2)C1)N1CCC(n2ccnc2)CC1. The molecule has 1 N–H and O–H groups in total. The van der Waals surface area contributed by atoms with Crippen LogP contribution in [0.15, 0.2) is 18.7 Å². The Labute approximate surface area is 150 Å². The molecule has 1 saturated carbocycles. The van der Waals surface area contributed by atoms with E-state index in [0.717, 1.165) is 51.4 Å². The van der Waals surface area contributed by atoms with Crippen molar-refractivity contribution in [1.29, 1.82) is 0 Å². The Bertz CT molecular complexity index is 546. The number of carbonyl (C=O) groups excluding carboxylic acids is 1.